The predicted octanol–water partition coefficient (Wildman–Crippen LogP) is -2.30. The van der Waals surface area contributed by atoms with Crippen LogP contribution in [-0.4, -0.2) is 10.2 Å². The molecule has 0 aliphatic heterocycles. The molecule has 0 aromatic carbocycles. The Kier molecular flexibility index (Phi) is 12.3. The van der Waals surface area contributed by atoms with Crippen LogP contribution in [0.3, 0.4) is 0 Å². The molecular weight excluding hydrogens is 115 g/mol. The van der Waals surface area contributed by atoms with E-state index in [-0.39, 0.29) is 51.4 Å². The van der Waals surface area contributed by atoms with Crippen molar-refractivity contribution in [2.45, 2.75) is 19.9 Å². The molecule has 0 amide bonds. The Labute approximate surface area is 85.9 Å². The van der Waals surface area contributed by atoms with Crippen LogP contribution in [0.15, 0.2) is 0 Å². The fraction of sp³-hybridized carbons (Fsp3) is 1.00. The summed E-state index contributed by atoms with van der Waals surface area (Å²) in [5, 5.41) is 0. The van der Waals surface area contributed by atoms with Crippen LogP contribution in [0.25, 0.3) is 0 Å². The average molecular weight is 126 g/mol. The second kappa shape index (κ2) is 6.85. The van der Waals surface area contributed by atoms with Crippen molar-refractivity contribution < 1.29 is 51.4 Å². The van der Waals surface area contributed by atoms with E-state index >= 15 is 0 Å². The molecule has 6 heavy (non-hydrogen) atoms. The van der Waals surface area contributed by atoms with E-state index in [9.17, 15) is 0 Å². The Morgan fingerprint density at radius 1 is 1.50 bits per heavy atom. The Bertz CT molecular complexity index is 21.5. The van der Waals surface area contributed by atoms with E-state index in [1.54, 1.807) is 0 Å². The summed E-state index contributed by atoms with van der Waals surface area (Å²) in [7, 11) is 2.03. The largest absolute Gasteiger partial charge is 1.00 e. The first-order chi connectivity index (χ1) is 2.27. The smallest absolute Gasteiger partial charge is 0.296 e. The minimum Gasteiger partial charge on any atom is -0.296 e. The SMILES string of the molecule is CC(C)C[SiH2-].[K+]. The summed E-state index contributed by atoms with van der Waals surface area (Å²) >= 11 is 0. The summed E-state index contributed by atoms with van der Waals surface area (Å²) in [6, 6.07) is 1.33. The fourth-order valence-electron chi connectivity index (χ4n) is 0. The molecule has 0 aliphatic rings. The molecule has 0 saturated heterocycles. The van der Waals surface area contributed by atoms with Crippen LogP contribution >= 0.6 is 0 Å². The third-order valence-corrected chi connectivity index (χ3v) is 1.73. The maximum absolute atomic E-state index is 2.23. The van der Waals surface area contributed by atoms with Gasteiger partial charge in [-0.25, -0.2) is 0 Å². The molecule has 0 aromatic rings. The predicted molar refractivity (Wildman–Crippen MR) is 28.2 cm³/mol. The Morgan fingerprint density at radius 2 is 1.67 bits per heavy atom. The molecule has 0 aliphatic carbocycles. The summed E-state index contributed by atoms with van der Waals surface area (Å²) in [5.41, 5.74) is 0. The summed E-state index contributed by atoms with van der Waals surface area (Å²) in [4.78, 5) is 0. The number of rotatable bonds is 1. The number of hydrogen-bond donors (Lipinski definition) is 0. The molecule has 0 bridgehead atoms. The molecule has 0 radical (unpaired) electrons. The average Bonchev–Trinajstić information content (AvgIpc) is 1.38. The van der Waals surface area contributed by atoms with Crippen LogP contribution in [0.4, 0.5) is 0 Å². The quantitative estimate of drug-likeness (QED) is 0.347. The molecule has 2 heteroatoms. The summed E-state index contributed by atoms with van der Waals surface area (Å²) in [6.07, 6.45) is 0. The Morgan fingerprint density at radius 3 is 1.67 bits per heavy atom. The van der Waals surface area contributed by atoms with E-state index in [0.29, 0.717) is 0 Å². The van der Waals surface area contributed by atoms with Gasteiger partial charge in [0.05, 0.1) is 0 Å². The monoisotopic (exact) mass is 126 g/mol. The van der Waals surface area contributed by atoms with Gasteiger partial charge in [-0.2, -0.15) is 6.04 Å². The van der Waals surface area contributed by atoms with Crippen LogP contribution in [0.5, 0.6) is 0 Å². The van der Waals surface area contributed by atoms with Gasteiger partial charge in [0, 0.05) is 0 Å². The molecular formula is C4H11KSi. The van der Waals surface area contributed by atoms with Gasteiger partial charge in [-0.15, -0.1) is 0 Å². The van der Waals surface area contributed by atoms with E-state index in [1.807, 2.05) is 10.2 Å². The van der Waals surface area contributed by atoms with E-state index in [0.717, 1.165) is 5.92 Å². The van der Waals surface area contributed by atoms with Gasteiger partial charge in [-0.05, 0) is 0 Å². The summed E-state index contributed by atoms with van der Waals surface area (Å²) in [5.74, 6) is 0.897. The first kappa shape index (κ1) is 10.8. The van der Waals surface area contributed by atoms with Crippen molar-refractivity contribution in [2.75, 3.05) is 0 Å². The summed E-state index contributed by atoms with van der Waals surface area (Å²) in [6.45, 7) is 4.46. The van der Waals surface area contributed by atoms with Crippen molar-refractivity contribution in [3.8, 4) is 0 Å². The normalized spacial score (nSPS) is 8.00. The van der Waals surface area contributed by atoms with Crippen molar-refractivity contribution in [3.63, 3.8) is 0 Å². The van der Waals surface area contributed by atoms with Gasteiger partial charge < -0.3 is 0 Å². The van der Waals surface area contributed by atoms with Gasteiger partial charge in [0.15, 0.2) is 0 Å². The van der Waals surface area contributed by atoms with Gasteiger partial charge in [0.25, 0.3) is 0 Å². The topological polar surface area (TPSA) is 0 Å². The maximum Gasteiger partial charge on any atom is 1.00 e. The molecule has 0 heterocycles. The second-order valence-electron chi connectivity index (χ2n) is 1.68. The zero-order valence-electron chi connectivity index (χ0n) is 4.99. The van der Waals surface area contributed by atoms with Crippen LogP contribution in [0.2, 0.25) is 6.04 Å². The molecule has 0 fully saturated rings. The molecule has 0 spiro atoms. The van der Waals surface area contributed by atoms with Gasteiger partial charge >= 0.3 is 51.4 Å². The molecule has 0 unspecified atom stereocenters. The zero-order valence-corrected chi connectivity index (χ0v) is 9.53. The van der Waals surface area contributed by atoms with E-state index < -0.39 is 0 Å². The van der Waals surface area contributed by atoms with Crippen molar-refractivity contribution >= 4 is 10.2 Å². The van der Waals surface area contributed by atoms with Crippen molar-refractivity contribution in [1.29, 1.82) is 0 Å². The van der Waals surface area contributed by atoms with E-state index in [4.69, 9.17) is 0 Å². The first-order valence-electron chi connectivity index (χ1n) is 2.06. The van der Waals surface area contributed by atoms with Crippen LogP contribution in [0, 0.1) is 5.92 Å². The minimum absolute atomic E-state index is 0. The zero-order chi connectivity index (χ0) is 4.28. The van der Waals surface area contributed by atoms with Gasteiger partial charge in [-0.3, -0.25) is 10.2 Å². The first-order valence-corrected chi connectivity index (χ1v) is 3.06. The molecule has 0 rings (SSSR count). The van der Waals surface area contributed by atoms with Crippen molar-refractivity contribution in [3.05, 3.63) is 0 Å². The molecule has 32 valence electrons. The van der Waals surface area contributed by atoms with Crippen molar-refractivity contribution in [1.82, 2.24) is 0 Å². The minimum atomic E-state index is 0. The van der Waals surface area contributed by atoms with Crippen LogP contribution in [-0.2, 0) is 0 Å². The third-order valence-electron chi connectivity index (χ3n) is 0.577. The molecule has 0 atom stereocenters. The van der Waals surface area contributed by atoms with Crippen LogP contribution in [0.1, 0.15) is 13.8 Å². The summed E-state index contributed by atoms with van der Waals surface area (Å²) < 4.78 is 0. The van der Waals surface area contributed by atoms with Gasteiger partial charge in [-0.1, -0.05) is 19.8 Å². The van der Waals surface area contributed by atoms with Crippen molar-refractivity contribution in [2.24, 2.45) is 5.92 Å². The maximum atomic E-state index is 2.23. The molecule has 0 saturated carbocycles. The third kappa shape index (κ3) is 9.29. The van der Waals surface area contributed by atoms with Crippen LogP contribution < -0.4 is 51.4 Å². The van der Waals surface area contributed by atoms with E-state index in [2.05, 4.69) is 13.8 Å². The fourth-order valence-corrected chi connectivity index (χ4v) is 0. The molecule has 0 nitrogen and oxygen atoms in total. The number of hydrogen-bond acceptors (Lipinski definition) is 0. The van der Waals surface area contributed by atoms with E-state index in [1.165, 1.54) is 6.04 Å². The van der Waals surface area contributed by atoms with Gasteiger partial charge in [0.2, 0.25) is 0 Å². The molecule has 0 aromatic heterocycles. The Balaban J connectivity index is 0. The Hall–Kier alpha value is 1.85. The van der Waals surface area contributed by atoms with Gasteiger partial charge in [0.1, 0.15) is 0 Å². The second-order valence-corrected chi connectivity index (χ2v) is 2.26. The standard InChI is InChI=1S/C4H11Si.K/c1-4(2)3-5;/h4H,3,5H2,1-2H3;/q-1;+1. The molecule has 0 N–H and O–H groups in total.